The molecular weight excluding hydrogens is 222 g/mol. The van der Waals surface area contributed by atoms with Crippen LogP contribution in [-0.4, -0.2) is 62.7 Å². The summed E-state index contributed by atoms with van der Waals surface area (Å²) in [5.41, 5.74) is 0. The first-order valence-corrected chi connectivity index (χ1v) is 7.87. The molecule has 2 fully saturated rings. The first kappa shape index (κ1) is 14.3. The molecule has 0 aliphatic carbocycles. The van der Waals surface area contributed by atoms with Crippen LogP contribution in [-0.2, 0) is 0 Å². The van der Waals surface area contributed by atoms with Crippen LogP contribution in [0.4, 0.5) is 0 Å². The zero-order chi connectivity index (χ0) is 12.8. The fourth-order valence-corrected chi connectivity index (χ4v) is 3.65. The van der Waals surface area contributed by atoms with E-state index in [1.165, 1.54) is 71.2 Å². The molecule has 0 amide bonds. The molecule has 3 nitrogen and oxygen atoms in total. The third kappa shape index (κ3) is 4.22. The normalized spacial score (nSPS) is 31.7. The number of hydrogen-bond donors (Lipinski definition) is 1. The lowest BCUT2D eigenvalue weighted by Crippen LogP contribution is -2.43. The van der Waals surface area contributed by atoms with Crippen molar-refractivity contribution in [3.63, 3.8) is 0 Å². The Kier molecular flexibility index (Phi) is 5.93. The minimum Gasteiger partial charge on any atom is -0.319 e. The number of likely N-dealkylation sites (tertiary alicyclic amines) is 2. The topological polar surface area (TPSA) is 18.5 Å². The Labute approximate surface area is 113 Å². The van der Waals surface area contributed by atoms with Gasteiger partial charge < -0.3 is 15.1 Å². The van der Waals surface area contributed by atoms with Gasteiger partial charge in [0.2, 0.25) is 0 Å². The molecule has 2 saturated heterocycles. The van der Waals surface area contributed by atoms with E-state index in [2.05, 4.69) is 29.2 Å². The molecule has 2 aliphatic rings. The van der Waals surface area contributed by atoms with Crippen molar-refractivity contribution in [3.8, 4) is 0 Å². The fourth-order valence-electron chi connectivity index (χ4n) is 3.65. The van der Waals surface area contributed by atoms with E-state index in [1.54, 1.807) is 0 Å². The molecule has 3 heteroatoms. The Hall–Kier alpha value is -0.120. The van der Waals surface area contributed by atoms with E-state index in [1.807, 2.05) is 0 Å². The van der Waals surface area contributed by atoms with Crippen molar-refractivity contribution in [2.75, 3.05) is 46.8 Å². The summed E-state index contributed by atoms with van der Waals surface area (Å²) in [5.74, 6) is 0.882. The SMILES string of the molecule is CNCC1CCCN(CCC2CCCCN2C)C1. The van der Waals surface area contributed by atoms with Gasteiger partial charge in [0.1, 0.15) is 0 Å². The highest BCUT2D eigenvalue weighted by molar-refractivity contribution is 4.78. The Morgan fingerprint density at radius 3 is 2.78 bits per heavy atom. The molecule has 0 aromatic heterocycles. The van der Waals surface area contributed by atoms with Crippen LogP contribution in [0.2, 0.25) is 0 Å². The van der Waals surface area contributed by atoms with E-state index in [9.17, 15) is 0 Å². The maximum Gasteiger partial charge on any atom is 0.0104 e. The molecular formula is C15H31N3. The lowest BCUT2D eigenvalue weighted by Gasteiger charge is -2.36. The number of piperidine rings is 2. The van der Waals surface area contributed by atoms with Gasteiger partial charge in [0, 0.05) is 12.6 Å². The van der Waals surface area contributed by atoms with Crippen LogP contribution in [0, 0.1) is 5.92 Å². The van der Waals surface area contributed by atoms with Crippen molar-refractivity contribution < 1.29 is 0 Å². The first-order chi connectivity index (χ1) is 8.79. The zero-order valence-corrected chi connectivity index (χ0v) is 12.3. The molecule has 0 radical (unpaired) electrons. The van der Waals surface area contributed by atoms with Crippen LogP contribution in [0.25, 0.3) is 0 Å². The Balaban J connectivity index is 1.69. The maximum absolute atomic E-state index is 3.34. The van der Waals surface area contributed by atoms with E-state index >= 15 is 0 Å². The van der Waals surface area contributed by atoms with Gasteiger partial charge in [-0.2, -0.15) is 0 Å². The van der Waals surface area contributed by atoms with E-state index < -0.39 is 0 Å². The summed E-state index contributed by atoms with van der Waals surface area (Å²) in [4.78, 5) is 5.28. The molecule has 2 rings (SSSR count). The average molecular weight is 253 g/mol. The molecule has 0 aromatic rings. The average Bonchev–Trinajstić information content (AvgIpc) is 2.39. The summed E-state index contributed by atoms with van der Waals surface area (Å²) >= 11 is 0. The molecule has 2 unspecified atom stereocenters. The second-order valence-electron chi connectivity index (χ2n) is 6.29. The first-order valence-electron chi connectivity index (χ1n) is 7.87. The van der Waals surface area contributed by atoms with Gasteiger partial charge in [-0.1, -0.05) is 6.42 Å². The highest BCUT2D eigenvalue weighted by Crippen LogP contribution is 2.20. The van der Waals surface area contributed by atoms with Gasteiger partial charge in [0.25, 0.3) is 0 Å². The minimum absolute atomic E-state index is 0.850. The van der Waals surface area contributed by atoms with Gasteiger partial charge in [0.05, 0.1) is 0 Å². The summed E-state index contributed by atoms with van der Waals surface area (Å²) in [6.45, 7) is 6.47. The molecule has 0 aromatic carbocycles. The Bertz CT molecular complexity index is 230. The number of nitrogens with one attached hydrogen (secondary N) is 1. The van der Waals surface area contributed by atoms with Crippen molar-refractivity contribution in [2.24, 2.45) is 5.92 Å². The van der Waals surface area contributed by atoms with Crippen molar-refractivity contribution in [1.82, 2.24) is 15.1 Å². The second kappa shape index (κ2) is 7.46. The largest absolute Gasteiger partial charge is 0.319 e. The fraction of sp³-hybridized carbons (Fsp3) is 1.00. The van der Waals surface area contributed by atoms with Crippen LogP contribution < -0.4 is 5.32 Å². The van der Waals surface area contributed by atoms with E-state index in [4.69, 9.17) is 0 Å². The lowest BCUT2D eigenvalue weighted by molar-refractivity contribution is 0.129. The molecule has 0 bridgehead atoms. The monoisotopic (exact) mass is 253 g/mol. The van der Waals surface area contributed by atoms with Gasteiger partial charge in [-0.25, -0.2) is 0 Å². The second-order valence-corrected chi connectivity index (χ2v) is 6.29. The van der Waals surface area contributed by atoms with Crippen LogP contribution >= 0.6 is 0 Å². The third-order valence-corrected chi connectivity index (χ3v) is 4.80. The molecule has 0 spiro atoms. The smallest absolute Gasteiger partial charge is 0.0104 e. The lowest BCUT2D eigenvalue weighted by atomic mass is 9.96. The predicted octanol–water partition coefficient (Wildman–Crippen LogP) is 1.79. The van der Waals surface area contributed by atoms with Gasteiger partial charge in [-0.15, -0.1) is 0 Å². The summed E-state index contributed by atoms with van der Waals surface area (Å²) in [7, 11) is 4.39. The Morgan fingerprint density at radius 1 is 1.11 bits per heavy atom. The standard InChI is InChI=1S/C15H31N3/c1-16-12-14-6-5-10-18(13-14)11-8-15-7-3-4-9-17(15)2/h14-16H,3-13H2,1-2H3. The molecule has 2 atom stereocenters. The molecule has 18 heavy (non-hydrogen) atoms. The molecule has 0 saturated carbocycles. The third-order valence-electron chi connectivity index (χ3n) is 4.80. The van der Waals surface area contributed by atoms with Crippen molar-refractivity contribution >= 4 is 0 Å². The van der Waals surface area contributed by atoms with Crippen molar-refractivity contribution in [1.29, 1.82) is 0 Å². The zero-order valence-electron chi connectivity index (χ0n) is 12.3. The number of rotatable bonds is 5. The van der Waals surface area contributed by atoms with Crippen molar-refractivity contribution in [2.45, 2.75) is 44.6 Å². The van der Waals surface area contributed by atoms with Gasteiger partial charge in [-0.05, 0) is 78.3 Å². The summed E-state index contributed by atoms with van der Waals surface area (Å²) in [6, 6.07) is 0.850. The molecule has 106 valence electrons. The summed E-state index contributed by atoms with van der Waals surface area (Å²) in [6.07, 6.45) is 8.46. The van der Waals surface area contributed by atoms with E-state index in [-0.39, 0.29) is 0 Å². The van der Waals surface area contributed by atoms with Crippen LogP contribution in [0.3, 0.4) is 0 Å². The van der Waals surface area contributed by atoms with E-state index in [0.29, 0.717) is 0 Å². The highest BCUT2D eigenvalue weighted by Gasteiger charge is 2.22. The number of hydrogen-bond acceptors (Lipinski definition) is 3. The highest BCUT2D eigenvalue weighted by atomic mass is 15.2. The maximum atomic E-state index is 3.34. The molecule has 2 heterocycles. The predicted molar refractivity (Wildman–Crippen MR) is 78.0 cm³/mol. The van der Waals surface area contributed by atoms with Crippen LogP contribution in [0.15, 0.2) is 0 Å². The van der Waals surface area contributed by atoms with Gasteiger partial charge in [-0.3, -0.25) is 0 Å². The van der Waals surface area contributed by atoms with Crippen molar-refractivity contribution in [3.05, 3.63) is 0 Å². The van der Waals surface area contributed by atoms with E-state index in [0.717, 1.165) is 12.0 Å². The minimum atomic E-state index is 0.850. The summed E-state index contributed by atoms with van der Waals surface area (Å²) in [5, 5.41) is 3.34. The number of nitrogens with zero attached hydrogens (tertiary/aromatic N) is 2. The van der Waals surface area contributed by atoms with Gasteiger partial charge >= 0.3 is 0 Å². The molecule has 1 N–H and O–H groups in total. The van der Waals surface area contributed by atoms with Crippen LogP contribution in [0.5, 0.6) is 0 Å². The van der Waals surface area contributed by atoms with Crippen LogP contribution in [0.1, 0.15) is 38.5 Å². The van der Waals surface area contributed by atoms with Gasteiger partial charge in [0.15, 0.2) is 0 Å². The molecule has 2 aliphatic heterocycles. The summed E-state index contributed by atoms with van der Waals surface area (Å²) < 4.78 is 0. The quantitative estimate of drug-likeness (QED) is 0.806. The Morgan fingerprint density at radius 2 is 2.00 bits per heavy atom.